The smallest absolute Gasteiger partial charge is 0.216 e. The Balaban J connectivity index is 2.00. The standard InChI is InChI=1S/C12H24N2O2S2/c1-17-12(10-13)6-8-14(9-7-12)18(15,16)11-4-2-3-5-11/h11H,2-10,13H2,1H3. The molecule has 0 aromatic heterocycles. The minimum Gasteiger partial charge on any atom is -0.329 e. The molecular weight excluding hydrogens is 268 g/mol. The zero-order chi connectivity index (χ0) is 13.2. The highest BCUT2D eigenvalue weighted by atomic mass is 32.2. The van der Waals surface area contributed by atoms with Crippen molar-refractivity contribution in [3.8, 4) is 0 Å². The molecule has 4 nitrogen and oxygen atoms in total. The van der Waals surface area contributed by atoms with E-state index in [1.165, 1.54) is 0 Å². The van der Waals surface area contributed by atoms with Gasteiger partial charge in [0.25, 0.3) is 0 Å². The molecule has 2 rings (SSSR count). The van der Waals surface area contributed by atoms with Crippen LogP contribution >= 0.6 is 11.8 Å². The summed E-state index contributed by atoms with van der Waals surface area (Å²) < 4.78 is 26.7. The van der Waals surface area contributed by atoms with Crippen LogP contribution in [0.4, 0.5) is 0 Å². The first-order chi connectivity index (χ1) is 8.54. The number of sulfonamides is 1. The summed E-state index contributed by atoms with van der Waals surface area (Å²) in [4.78, 5) is 0. The van der Waals surface area contributed by atoms with Gasteiger partial charge < -0.3 is 5.73 Å². The molecule has 106 valence electrons. The first kappa shape index (κ1) is 14.6. The van der Waals surface area contributed by atoms with E-state index >= 15 is 0 Å². The Morgan fingerprint density at radius 3 is 2.28 bits per heavy atom. The predicted octanol–water partition coefficient (Wildman–Crippen LogP) is 1.42. The molecule has 0 unspecified atom stereocenters. The highest BCUT2D eigenvalue weighted by Gasteiger charge is 2.40. The van der Waals surface area contributed by atoms with Crippen molar-refractivity contribution in [2.24, 2.45) is 5.73 Å². The van der Waals surface area contributed by atoms with E-state index < -0.39 is 10.0 Å². The molecule has 1 saturated carbocycles. The average Bonchev–Trinajstić information content (AvgIpc) is 2.93. The quantitative estimate of drug-likeness (QED) is 0.851. The Morgan fingerprint density at radius 1 is 1.28 bits per heavy atom. The summed E-state index contributed by atoms with van der Waals surface area (Å²) in [7, 11) is -3.05. The molecule has 1 aliphatic carbocycles. The zero-order valence-corrected chi connectivity index (χ0v) is 12.7. The lowest BCUT2D eigenvalue weighted by atomic mass is 9.97. The van der Waals surface area contributed by atoms with Gasteiger partial charge in [-0.25, -0.2) is 12.7 Å². The van der Waals surface area contributed by atoms with E-state index in [0.717, 1.165) is 38.5 Å². The molecule has 0 amide bonds. The van der Waals surface area contributed by atoms with E-state index in [1.54, 1.807) is 16.1 Å². The van der Waals surface area contributed by atoms with Crippen LogP contribution in [0.25, 0.3) is 0 Å². The molecule has 1 heterocycles. The highest BCUT2D eigenvalue weighted by Crippen LogP contribution is 2.36. The number of rotatable bonds is 4. The molecule has 0 aromatic rings. The molecule has 18 heavy (non-hydrogen) atoms. The summed E-state index contributed by atoms with van der Waals surface area (Å²) in [6, 6.07) is 0. The molecule has 0 atom stereocenters. The third kappa shape index (κ3) is 2.71. The molecule has 0 radical (unpaired) electrons. The molecule has 6 heteroatoms. The van der Waals surface area contributed by atoms with Gasteiger partial charge in [-0.1, -0.05) is 12.8 Å². The van der Waals surface area contributed by atoms with Crippen LogP contribution in [0, 0.1) is 0 Å². The summed E-state index contributed by atoms with van der Waals surface area (Å²) in [5.41, 5.74) is 5.84. The van der Waals surface area contributed by atoms with Gasteiger partial charge in [0.2, 0.25) is 10.0 Å². The van der Waals surface area contributed by atoms with Crippen LogP contribution in [0.5, 0.6) is 0 Å². The topological polar surface area (TPSA) is 63.4 Å². The first-order valence-electron chi connectivity index (χ1n) is 6.78. The van der Waals surface area contributed by atoms with Crippen molar-refractivity contribution in [2.45, 2.75) is 48.5 Å². The van der Waals surface area contributed by atoms with Gasteiger partial charge in [0.1, 0.15) is 0 Å². The second-order valence-corrected chi connectivity index (χ2v) is 8.93. The predicted molar refractivity (Wildman–Crippen MR) is 77.3 cm³/mol. The van der Waals surface area contributed by atoms with Crippen LogP contribution in [0.1, 0.15) is 38.5 Å². The Hall–Kier alpha value is 0.220. The van der Waals surface area contributed by atoms with Gasteiger partial charge in [0.05, 0.1) is 5.25 Å². The van der Waals surface area contributed by atoms with Crippen molar-refractivity contribution in [1.82, 2.24) is 4.31 Å². The summed E-state index contributed by atoms with van der Waals surface area (Å²) in [6.45, 7) is 1.94. The molecule has 1 aliphatic heterocycles. The molecule has 1 saturated heterocycles. The average molecular weight is 292 g/mol. The third-order valence-electron chi connectivity index (χ3n) is 4.52. The van der Waals surface area contributed by atoms with Crippen LogP contribution in [-0.4, -0.2) is 48.6 Å². The van der Waals surface area contributed by atoms with E-state index in [9.17, 15) is 8.42 Å². The lowest BCUT2D eigenvalue weighted by Gasteiger charge is -2.40. The summed E-state index contributed by atoms with van der Waals surface area (Å²) in [6.07, 6.45) is 7.68. The monoisotopic (exact) mass is 292 g/mol. The number of piperidine rings is 1. The number of thioether (sulfide) groups is 1. The number of hydrogen-bond donors (Lipinski definition) is 1. The second-order valence-electron chi connectivity index (χ2n) is 5.44. The van der Waals surface area contributed by atoms with Gasteiger partial charge in [-0.2, -0.15) is 11.8 Å². The fourth-order valence-corrected chi connectivity index (χ4v) is 5.84. The van der Waals surface area contributed by atoms with Crippen LogP contribution in [0.3, 0.4) is 0 Å². The summed E-state index contributed by atoms with van der Waals surface area (Å²) >= 11 is 1.79. The SMILES string of the molecule is CSC1(CN)CCN(S(=O)(=O)C2CCCC2)CC1. The number of nitrogens with two attached hydrogens (primary N) is 1. The van der Waals surface area contributed by atoms with Crippen molar-refractivity contribution in [3.05, 3.63) is 0 Å². The van der Waals surface area contributed by atoms with Crippen molar-refractivity contribution in [2.75, 3.05) is 25.9 Å². The van der Waals surface area contributed by atoms with Crippen LogP contribution in [0.2, 0.25) is 0 Å². The summed E-state index contributed by atoms with van der Waals surface area (Å²) in [5, 5.41) is -0.114. The molecule has 0 spiro atoms. The molecule has 2 aliphatic rings. The fourth-order valence-electron chi connectivity index (χ4n) is 3.04. The lowest BCUT2D eigenvalue weighted by Crippen LogP contribution is -2.50. The van der Waals surface area contributed by atoms with Gasteiger partial charge in [0, 0.05) is 24.4 Å². The maximum atomic E-state index is 12.5. The van der Waals surface area contributed by atoms with Gasteiger partial charge in [-0.05, 0) is 31.9 Å². The maximum Gasteiger partial charge on any atom is 0.216 e. The van der Waals surface area contributed by atoms with Crippen molar-refractivity contribution in [3.63, 3.8) is 0 Å². The third-order valence-corrected chi connectivity index (χ3v) is 8.36. The van der Waals surface area contributed by atoms with Gasteiger partial charge in [-0.15, -0.1) is 0 Å². The van der Waals surface area contributed by atoms with E-state index in [4.69, 9.17) is 5.73 Å². The zero-order valence-electron chi connectivity index (χ0n) is 11.1. The van der Waals surface area contributed by atoms with Crippen molar-refractivity contribution < 1.29 is 8.42 Å². The molecular formula is C12H24N2O2S2. The van der Waals surface area contributed by atoms with Crippen molar-refractivity contribution in [1.29, 1.82) is 0 Å². The van der Waals surface area contributed by atoms with Gasteiger partial charge >= 0.3 is 0 Å². The van der Waals surface area contributed by atoms with Gasteiger partial charge in [-0.3, -0.25) is 0 Å². The Bertz CT molecular complexity index is 364. The van der Waals surface area contributed by atoms with E-state index in [-0.39, 0.29) is 10.00 Å². The molecule has 2 fully saturated rings. The number of hydrogen-bond acceptors (Lipinski definition) is 4. The van der Waals surface area contributed by atoms with E-state index in [0.29, 0.717) is 19.6 Å². The number of nitrogens with zero attached hydrogens (tertiary/aromatic N) is 1. The Kier molecular flexibility index (Phi) is 4.62. The highest BCUT2D eigenvalue weighted by molar-refractivity contribution is 8.00. The van der Waals surface area contributed by atoms with E-state index in [1.807, 2.05) is 0 Å². The lowest BCUT2D eigenvalue weighted by molar-refractivity contribution is 0.298. The Labute approximate surface area is 115 Å². The van der Waals surface area contributed by atoms with Crippen LogP contribution in [-0.2, 0) is 10.0 Å². The molecule has 0 aromatic carbocycles. The van der Waals surface area contributed by atoms with Crippen molar-refractivity contribution >= 4 is 21.8 Å². The minimum atomic E-state index is -3.05. The molecule has 0 bridgehead atoms. The van der Waals surface area contributed by atoms with Crippen LogP contribution < -0.4 is 5.73 Å². The Morgan fingerprint density at radius 2 is 1.83 bits per heavy atom. The van der Waals surface area contributed by atoms with E-state index in [2.05, 4.69) is 6.26 Å². The van der Waals surface area contributed by atoms with Crippen LogP contribution in [0.15, 0.2) is 0 Å². The first-order valence-corrected chi connectivity index (χ1v) is 9.51. The second kappa shape index (κ2) is 5.69. The molecule has 2 N–H and O–H groups in total. The fraction of sp³-hybridized carbons (Fsp3) is 1.00. The largest absolute Gasteiger partial charge is 0.329 e. The summed E-state index contributed by atoms with van der Waals surface area (Å²) in [5.74, 6) is 0. The minimum absolute atomic E-state index is 0.0989. The maximum absolute atomic E-state index is 12.5. The van der Waals surface area contributed by atoms with Gasteiger partial charge in [0.15, 0.2) is 0 Å². The normalized spacial score (nSPS) is 26.6.